The molecule has 3 rings (SSSR count). The summed E-state index contributed by atoms with van der Waals surface area (Å²) in [4.78, 5) is 4.42. The van der Waals surface area contributed by atoms with Gasteiger partial charge in [-0.2, -0.15) is 0 Å². The summed E-state index contributed by atoms with van der Waals surface area (Å²) in [7, 11) is -2.95. The second kappa shape index (κ2) is 5.43. The number of nitrogens with one attached hydrogen (secondary N) is 2. The molecule has 0 amide bonds. The number of hydrogen-bond acceptors (Lipinski definition) is 5. The van der Waals surface area contributed by atoms with E-state index >= 15 is 0 Å². The molecule has 22 heavy (non-hydrogen) atoms. The van der Waals surface area contributed by atoms with Gasteiger partial charge < -0.3 is 10.6 Å². The molecule has 1 aliphatic heterocycles. The summed E-state index contributed by atoms with van der Waals surface area (Å²) < 4.78 is 24.3. The van der Waals surface area contributed by atoms with E-state index in [9.17, 15) is 8.42 Å². The lowest BCUT2D eigenvalue weighted by molar-refractivity contribution is 0.474. The van der Waals surface area contributed by atoms with Crippen LogP contribution in [0.2, 0.25) is 0 Å². The van der Waals surface area contributed by atoms with Crippen molar-refractivity contribution in [3.63, 3.8) is 0 Å². The normalized spacial score (nSPS) is 23.5. The summed E-state index contributed by atoms with van der Waals surface area (Å²) in [6, 6.07) is 5.87. The summed E-state index contributed by atoms with van der Waals surface area (Å²) in [6.45, 7) is 3.87. The molecular formula is C14H17N3O2S3. The van der Waals surface area contributed by atoms with Gasteiger partial charge in [0.2, 0.25) is 0 Å². The Bertz CT molecular complexity index is 844. The molecule has 1 aromatic heterocycles. The first kappa shape index (κ1) is 15.6. The molecule has 0 radical (unpaired) electrons. The molecule has 0 aliphatic carbocycles. The fourth-order valence-corrected chi connectivity index (χ4v) is 5.99. The van der Waals surface area contributed by atoms with Crippen LogP contribution in [0.4, 0.5) is 5.69 Å². The Labute approximate surface area is 139 Å². The lowest BCUT2D eigenvalue weighted by Crippen LogP contribution is -2.48. The number of nitrogens with zero attached hydrogens (tertiary/aromatic N) is 1. The van der Waals surface area contributed by atoms with E-state index in [1.54, 1.807) is 11.3 Å². The first-order valence-electron chi connectivity index (χ1n) is 6.92. The Hall–Kier alpha value is -1.25. The molecule has 1 fully saturated rings. The number of thiocarbonyl (C=S) groups is 1. The zero-order chi connectivity index (χ0) is 16.0. The fraction of sp³-hybridized carbons (Fsp3) is 0.429. The van der Waals surface area contributed by atoms with E-state index in [4.69, 9.17) is 12.2 Å². The molecule has 2 aromatic rings. The Kier molecular flexibility index (Phi) is 3.86. The zero-order valence-electron chi connectivity index (χ0n) is 12.3. The molecule has 1 saturated heterocycles. The molecular weight excluding hydrogens is 338 g/mol. The van der Waals surface area contributed by atoms with Crippen LogP contribution in [0.1, 0.15) is 18.4 Å². The average molecular weight is 356 g/mol. The van der Waals surface area contributed by atoms with Crippen molar-refractivity contribution in [2.45, 2.75) is 25.8 Å². The molecule has 2 N–H and O–H groups in total. The van der Waals surface area contributed by atoms with Gasteiger partial charge in [-0.15, -0.1) is 11.3 Å². The fourth-order valence-electron chi connectivity index (χ4n) is 2.66. The smallest absolute Gasteiger partial charge is 0.171 e. The molecule has 1 aromatic carbocycles. The van der Waals surface area contributed by atoms with Crippen LogP contribution < -0.4 is 10.6 Å². The lowest BCUT2D eigenvalue weighted by atomic mass is 10.0. The number of anilines is 1. The number of hydrogen-bond donors (Lipinski definition) is 2. The number of benzene rings is 1. The Balaban J connectivity index is 1.70. The van der Waals surface area contributed by atoms with E-state index in [-0.39, 0.29) is 11.5 Å². The average Bonchev–Trinajstić information content (AvgIpc) is 2.87. The summed E-state index contributed by atoms with van der Waals surface area (Å²) in [5, 5.41) is 7.74. The molecule has 0 unspecified atom stereocenters. The number of fused-ring (bicyclic) bond motifs is 1. The Morgan fingerprint density at radius 3 is 2.91 bits per heavy atom. The molecule has 8 heteroatoms. The van der Waals surface area contributed by atoms with Crippen molar-refractivity contribution in [3.05, 3.63) is 23.2 Å². The standard InChI is InChI=1S/C14H17N3O2S3/c1-9-15-11-4-3-10(7-12(11)21-9)16-13(20)17-14(2)5-6-22(18,19)8-14/h3-4,7H,5-6,8H2,1-2H3,(H2,16,17,20)/t14-/m1/s1. The van der Waals surface area contributed by atoms with E-state index in [1.807, 2.05) is 32.0 Å². The molecule has 0 saturated carbocycles. The van der Waals surface area contributed by atoms with Gasteiger partial charge in [-0.1, -0.05) is 0 Å². The molecule has 2 heterocycles. The zero-order valence-corrected chi connectivity index (χ0v) is 14.8. The monoisotopic (exact) mass is 355 g/mol. The van der Waals surface area contributed by atoms with Crippen LogP contribution in [0.5, 0.6) is 0 Å². The quantitative estimate of drug-likeness (QED) is 0.807. The Morgan fingerprint density at radius 2 is 2.23 bits per heavy atom. The van der Waals surface area contributed by atoms with Crippen molar-refractivity contribution in [2.24, 2.45) is 0 Å². The van der Waals surface area contributed by atoms with E-state index in [0.717, 1.165) is 20.9 Å². The SMILES string of the molecule is Cc1nc2ccc(NC(=S)N[C@]3(C)CCS(=O)(=O)C3)cc2s1. The van der Waals surface area contributed by atoms with Crippen LogP contribution in [-0.2, 0) is 9.84 Å². The van der Waals surface area contributed by atoms with E-state index < -0.39 is 15.4 Å². The summed E-state index contributed by atoms with van der Waals surface area (Å²) in [6.07, 6.45) is 0.574. The second-order valence-corrected chi connectivity index (χ2v) is 9.72. The molecule has 5 nitrogen and oxygen atoms in total. The minimum Gasteiger partial charge on any atom is -0.356 e. The summed E-state index contributed by atoms with van der Waals surface area (Å²) in [5.41, 5.74) is 1.35. The van der Waals surface area contributed by atoms with Gasteiger partial charge in [0.1, 0.15) is 0 Å². The van der Waals surface area contributed by atoms with Crippen molar-refractivity contribution in [2.75, 3.05) is 16.8 Å². The summed E-state index contributed by atoms with van der Waals surface area (Å²) in [5.74, 6) is 0.333. The van der Waals surface area contributed by atoms with E-state index in [0.29, 0.717) is 11.5 Å². The number of sulfone groups is 1. The predicted octanol–water partition coefficient (Wildman–Crippen LogP) is 2.47. The number of aromatic nitrogens is 1. The van der Waals surface area contributed by atoms with Gasteiger partial charge >= 0.3 is 0 Å². The van der Waals surface area contributed by atoms with Gasteiger partial charge in [-0.3, -0.25) is 0 Å². The van der Waals surface area contributed by atoms with Crippen molar-refractivity contribution < 1.29 is 8.42 Å². The van der Waals surface area contributed by atoms with Crippen LogP contribution in [0.3, 0.4) is 0 Å². The van der Waals surface area contributed by atoms with Gasteiger partial charge in [-0.05, 0) is 50.7 Å². The van der Waals surface area contributed by atoms with Gasteiger partial charge in [0, 0.05) is 5.69 Å². The summed E-state index contributed by atoms with van der Waals surface area (Å²) >= 11 is 6.95. The number of aryl methyl sites for hydroxylation is 1. The largest absolute Gasteiger partial charge is 0.356 e. The topological polar surface area (TPSA) is 71.1 Å². The lowest BCUT2D eigenvalue weighted by Gasteiger charge is -2.26. The van der Waals surface area contributed by atoms with Crippen LogP contribution in [0, 0.1) is 6.92 Å². The van der Waals surface area contributed by atoms with Gasteiger partial charge in [-0.25, -0.2) is 13.4 Å². The molecule has 1 aliphatic rings. The highest BCUT2D eigenvalue weighted by molar-refractivity contribution is 7.91. The Morgan fingerprint density at radius 1 is 1.45 bits per heavy atom. The minimum atomic E-state index is -2.95. The third-order valence-electron chi connectivity index (χ3n) is 3.67. The van der Waals surface area contributed by atoms with Crippen molar-refractivity contribution in [1.82, 2.24) is 10.3 Å². The first-order chi connectivity index (χ1) is 10.2. The molecule has 0 bridgehead atoms. The van der Waals surface area contributed by atoms with E-state index in [1.165, 1.54) is 0 Å². The second-order valence-electron chi connectivity index (χ2n) is 5.90. The van der Waals surface area contributed by atoms with Gasteiger partial charge in [0.25, 0.3) is 0 Å². The highest BCUT2D eigenvalue weighted by atomic mass is 32.2. The van der Waals surface area contributed by atoms with Crippen molar-refractivity contribution in [3.8, 4) is 0 Å². The molecule has 1 atom stereocenters. The third kappa shape index (κ3) is 3.39. The van der Waals surface area contributed by atoms with Crippen LogP contribution in [-0.4, -0.2) is 35.6 Å². The maximum atomic E-state index is 11.6. The van der Waals surface area contributed by atoms with Gasteiger partial charge in [0.05, 0.1) is 32.3 Å². The van der Waals surface area contributed by atoms with Crippen LogP contribution in [0.25, 0.3) is 10.2 Å². The van der Waals surface area contributed by atoms with Crippen molar-refractivity contribution >= 4 is 54.4 Å². The highest BCUT2D eigenvalue weighted by Crippen LogP contribution is 2.26. The maximum Gasteiger partial charge on any atom is 0.171 e. The molecule has 0 spiro atoms. The predicted molar refractivity (Wildman–Crippen MR) is 95.4 cm³/mol. The van der Waals surface area contributed by atoms with Gasteiger partial charge in [0.15, 0.2) is 14.9 Å². The van der Waals surface area contributed by atoms with Crippen molar-refractivity contribution in [1.29, 1.82) is 0 Å². The van der Waals surface area contributed by atoms with Crippen LogP contribution in [0.15, 0.2) is 18.2 Å². The molecule has 118 valence electrons. The highest BCUT2D eigenvalue weighted by Gasteiger charge is 2.38. The third-order valence-corrected chi connectivity index (χ3v) is 6.71. The maximum absolute atomic E-state index is 11.6. The van der Waals surface area contributed by atoms with Crippen LogP contribution >= 0.6 is 23.6 Å². The number of thiazole rings is 1. The number of rotatable bonds is 2. The first-order valence-corrected chi connectivity index (χ1v) is 9.96. The van der Waals surface area contributed by atoms with E-state index in [2.05, 4.69) is 15.6 Å². The minimum absolute atomic E-state index is 0.120.